The molecule has 2 unspecified atom stereocenters. The molecule has 28 heavy (non-hydrogen) atoms. The Bertz CT molecular complexity index is 844. The number of ether oxygens (including phenoxy) is 2. The van der Waals surface area contributed by atoms with E-state index in [2.05, 4.69) is 10.1 Å². The van der Waals surface area contributed by atoms with Gasteiger partial charge in [-0.2, -0.15) is 5.10 Å². The van der Waals surface area contributed by atoms with E-state index in [4.69, 9.17) is 9.47 Å². The molecule has 0 radical (unpaired) electrons. The van der Waals surface area contributed by atoms with E-state index in [0.29, 0.717) is 25.3 Å². The van der Waals surface area contributed by atoms with E-state index in [1.54, 1.807) is 10.9 Å². The molecule has 0 bridgehead atoms. The number of carbonyl (C=O) groups excluding carboxylic acids is 1. The van der Waals surface area contributed by atoms with Gasteiger partial charge in [-0.05, 0) is 18.6 Å². The Morgan fingerprint density at radius 1 is 1.36 bits per heavy atom. The van der Waals surface area contributed by atoms with Crippen molar-refractivity contribution in [3.05, 3.63) is 35.8 Å². The first-order chi connectivity index (χ1) is 13.5. The highest BCUT2D eigenvalue weighted by molar-refractivity contribution is 5.95. The minimum absolute atomic E-state index is 0.0279. The Labute approximate surface area is 165 Å². The fourth-order valence-electron chi connectivity index (χ4n) is 3.89. The number of aromatic nitrogens is 3. The maximum atomic E-state index is 13.2. The van der Waals surface area contributed by atoms with Crippen molar-refractivity contribution in [1.29, 1.82) is 0 Å². The van der Waals surface area contributed by atoms with Crippen LogP contribution in [-0.2, 0) is 11.8 Å². The zero-order chi connectivity index (χ0) is 19.7. The van der Waals surface area contributed by atoms with Gasteiger partial charge in [0.25, 0.3) is 5.91 Å². The van der Waals surface area contributed by atoms with Crippen LogP contribution in [0, 0.1) is 0 Å². The molecule has 2 fully saturated rings. The van der Waals surface area contributed by atoms with E-state index < -0.39 is 0 Å². The standard InChI is InChI=1S/C20H27N5O3/c1-23(2)19-17(5-4-8-21-19)28-15-6-9-25(11-15)20(26)16-12-24(3)22-18(16)14-7-10-27-13-14/h4-5,8,12,14-15H,6-7,9-11,13H2,1-3H3. The van der Waals surface area contributed by atoms with Crippen molar-refractivity contribution in [3.8, 4) is 5.75 Å². The number of hydrogen-bond donors (Lipinski definition) is 0. The molecule has 8 nitrogen and oxygen atoms in total. The van der Waals surface area contributed by atoms with Gasteiger partial charge in [-0.15, -0.1) is 0 Å². The molecule has 2 aliphatic heterocycles. The molecule has 0 aliphatic carbocycles. The van der Waals surface area contributed by atoms with Gasteiger partial charge in [0.05, 0.1) is 24.4 Å². The molecule has 2 saturated heterocycles. The van der Waals surface area contributed by atoms with E-state index in [-0.39, 0.29) is 17.9 Å². The summed E-state index contributed by atoms with van der Waals surface area (Å²) in [6.07, 6.45) is 5.26. The molecular weight excluding hydrogens is 358 g/mol. The molecule has 0 spiro atoms. The molecule has 8 heteroatoms. The van der Waals surface area contributed by atoms with Gasteiger partial charge < -0.3 is 19.3 Å². The Kier molecular flexibility index (Phi) is 5.21. The highest BCUT2D eigenvalue weighted by Crippen LogP contribution is 2.30. The van der Waals surface area contributed by atoms with Gasteiger partial charge in [-0.25, -0.2) is 4.98 Å². The summed E-state index contributed by atoms with van der Waals surface area (Å²) in [5.74, 6) is 1.77. The van der Waals surface area contributed by atoms with Crippen molar-refractivity contribution >= 4 is 11.7 Å². The summed E-state index contributed by atoms with van der Waals surface area (Å²) in [4.78, 5) is 21.3. The molecule has 2 aromatic rings. The van der Waals surface area contributed by atoms with Crippen molar-refractivity contribution in [2.24, 2.45) is 7.05 Å². The molecule has 0 saturated carbocycles. The first-order valence-corrected chi connectivity index (χ1v) is 9.72. The summed E-state index contributed by atoms with van der Waals surface area (Å²) >= 11 is 0. The van der Waals surface area contributed by atoms with Gasteiger partial charge in [0.1, 0.15) is 6.10 Å². The average molecular weight is 385 g/mol. The van der Waals surface area contributed by atoms with Gasteiger partial charge in [-0.1, -0.05) is 0 Å². The molecule has 0 N–H and O–H groups in total. The maximum absolute atomic E-state index is 13.2. The van der Waals surface area contributed by atoms with Crippen molar-refractivity contribution in [1.82, 2.24) is 19.7 Å². The van der Waals surface area contributed by atoms with Gasteiger partial charge in [0.2, 0.25) is 0 Å². The molecule has 4 rings (SSSR count). The number of likely N-dealkylation sites (tertiary alicyclic amines) is 1. The number of pyridine rings is 1. The second-order valence-corrected chi connectivity index (χ2v) is 7.66. The summed E-state index contributed by atoms with van der Waals surface area (Å²) in [5.41, 5.74) is 1.55. The summed E-state index contributed by atoms with van der Waals surface area (Å²) < 4.78 is 13.4. The van der Waals surface area contributed by atoms with Crippen LogP contribution < -0.4 is 9.64 Å². The molecule has 150 valence electrons. The molecule has 2 aromatic heterocycles. The van der Waals surface area contributed by atoms with E-state index in [1.165, 1.54) is 0 Å². The normalized spacial score (nSPS) is 21.9. The third-order valence-electron chi connectivity index (χ3n) is 5.30. The van der Waals surface area contributed by atoms with E-state index >= 15 is 0 Å². The lowest BCUT2D eigenvalue weighted by Gasteiger charge is -2.20. The zero-order valence-corrected chi connectivity index (χ0v) is 16.7. The first-order valence-electron chi connectivity index (χ1n) is 9.72. The smallest absolute Gasteiger partial charge is 0.257 e. The number of hydrogen-bond acceptors (Lipinski definition) is 6. The van der Waals surface area contributed by atoms with Crippen molar-refractivity contribution in [2.45, 2.75) is 24.9 Å². The van der Waals surface area contributed by atoms with Crippen LogP contribution in [0.15, 0.2) is 24.5 Å². The lowest BCUT2D eigenvalue weighted by Crippen LogP contribution is -2.31. The van der Waals surface area contributed by atoms with Crippen molar-refractivity contribution in [2.75, 3.05) is 45.3 Å². The molecular formula is C20H27N5O3. The maximum Gasteiger partial charge on any atom is 0.257 e. The number of anilines is 1. The van der Waals surface area contributed by atoms with Crippen LogP contribution in [0.5, 0.6) is 5.75 Å². The van der Waals surface area contributed by atoms with Crippen molar-refractivity contribution in [3.63, 3.8) is 0 Å². The number of aryl methyl sites for hydroxylation is 1. The van der Waals surface area contributed by atoms with Crippen LogP contribution in [-0.4, -0.2) is 72.1 Å². The van der Waals surface area contributed by atoms with Crippen LogP contribution in [0.2, 0.25) is 0 Å². The lowest BCUT2D eigenvalue weighted by atomic mass is 10.0. The zero-order valence-electron chi connectivity index (χ0n) is 16.7. The summed E-state index contributed by atoms with van der Waals surface area (Å²) in [5, 5.41) is 4.55. The lowest BCUT2D eigenvalue weighted by molar-refractivity contribution is 0.0770. The monoisotopic (exact) mass is 385 g/mol. The Morgan fingerprint density at radius 3 is 2.96 bits per heavy atom. The van der Waals surface area contributed by atoms with Gasteiger partial charge in [0, 0.05) is 59.0 Å². The second kappa shape index (κ2) is 7.79. The number of carbonyl (C=O) groups is 1. The number of rotatable bonds is 5. The topological polar surface area (TPSA) is 72.7 Å². The number of nitrogens with zero attached hydrogens (tertiary/aromatic N) is 5. The predicted octanol–water partition coefficient (Wildman–Crippen LogP) is 1.68. The quantitative estimate of drug-likeness (QED) is 0.780. The minimum Gasteiger partial charge on any atom is -0.485 e. The van der Waals surface area contributed by atoms with Gasteiger partial charge in [0.15, 0.2) is 11.6 Å². The minimum atomic E-state index is -0.0400. The highest BCUT2D eigenvalue weighted by atomic mass is 16.5. The Morgan fingerprint density at radius 2 is 2.21 bits per heavy atom. The van der Waals surface area contributed by atoms with Gasteiger partial charge >= 0.3 is 0 Å². The Balaban J connectivity index is 1.46. The van der Waals surface area contributed by atoms with E-state index in [0.717, 1.165) is 36.7 Å². The Hall–Kier alpha value is -2.61. The van der Waals surface area contributed by atoms with Crippen LogP contribution in [0.4, 0.5) is 5.82 Å². The SMILES string of the molecule is CN(C)c1ncccc1OC1CCN(C(=O)c2cn(C)nc2C2CCOC2)C1. The molecule has 1 amide bonds. The third-order valence-corrected chi connectivity index (χ3v) is 5.30. The molecule has 0 aromatic carbocycles. The van der Waals surface area contributed by atoms with E-state index in [9.17, 15) is 4.79 Å². The fourth-order valence-corrected chi connectivity index (χ4v) is 3.89. The fraction of sp³-hybridized carbons (Fsp3) is 0.550. The van der Waals surface area contributed by atoms with Crippen LogP contribution in [0.1, 0.15) is 34.8 Å². The molecule has 4 heterocycles. The average Bonchev–Trinajstić information content (AvgIpc) is 3.42. The molecule has 2 aliphatic rings. The van der Waals surface area contributed by atoms with Crippen molar-refractivity contribution < 1.29 is 14.3 Å². The highest BCUT2D eigenvalue weighted by Gasteiger charge is 2.33. The first kappa shape index (κ1) is 18.7. The van der Waals surface area contributed by atoms with Gasteiger partial charge in [-0.3, -0.25) is 9.48 Å². The molecule has 2 atom stereocenters. The largest absolute Gasteiger partial charge is 0.485 e. The summed E-state index contributed by atoms with van der Waals surface area (Å²) in [6, 6.07) is 3.79. The van der Waals surface area contributed by atoms with Crippen LogP contribution in [0.25, 0.3) is 0 Å². The van der Waals surface area contributed by atoms with Crippen LogP contribution in [0.3, 0.4) is 0 Å². The summed E-state index contributed by atoms with van der Waals surface area (Å²) in [6.45, 7) is 2.61. The van der Waals surface area contributed by atoms with E-state index in [1.807, 2.05) is 49.3 Å². The predicted molar refractivity (Wildman–Crippen MR) is 105 cm³/mol. The third kappa shape index (κ3) is 3.69. The summed E-state index contributed by atoms with van der Waals surface area (Å²) in [7, 11) is 5.74. The second-order valence-electron chi connectivity index (χ2n) is 7.66. The van der Waals surface area contributed by atoms with Crippen LogP contribution >= 0.6 is 0 Å². The number of amides is 1.